The van der Waals surface area contributed by atoms with Crippen LogP contribution in [0.2, 0.25) is 0 Å². The van der Waals surface area contributed by atoms with E-state index in [0.717, 1.165) is 22.4 Å². The Labute approximate surface area is 203 Å². The number of carbonyl (C=O) groups is 2. The Morgan fingerprint density at radius 1 is 1.09 bits per heavy atom. The monoisotopic (exact) mass is 475 g/mol. The maximum atomic E-state index is 13.5. The van der Waals surface area contributed by atoms with Gasteiger partial charge in [-0.3, -0.25) is 19.4 Å². The second kappa shape index (κ2) is 9.58. The summed E-state index contributed by atoms with van der Waals surface area (Å²) in [4.78, 5) is 31.3. The molecule has 3 heterocycles. The van der Waals surface area contributed by atoms with Gasteiger partial charge in [0.25, 0.3) is 5.91 Å². The number of aromatic nitrogens is 3. The second-order valence-corrected chi connectivity index (χ2v) is 9.20. The molecule has 0 atom stereocenters. The number of carbonyl (C=O) groups excluding carboxylic acids is 1. The number of hydrogen-bond donors (Lipinski definition) is 1. The number of halogens is 1. The molecule has 1 N–H and O–H groups in total. The smallest absolute Gasteiger partial charge is 0.408 e. The SMILES string of the molecule is CC(C)(C)N(CC#CC(=O)N1CCn2nc(-c3ccc(F)cc3)c(-c3ccncc3)c2C1)C(=O)O. The zero-order valence-corrected chi connectivity index (χ0v) is 19.8. The van der Waals surface area contributed by atoms with Gasteiger partial charge in [0.15, 0.2) is 0 Å². The molecule has 2 amide bonds. The minimum absolute atomic E-state index is 0.0622. The van der Waals surface area contributed by atoms with Crippen molar-refractivity contribution in [1.29, 1.82) is 0 Å². The lowest BCUT2D eigenvalue weighted by Crippen LogP contribution is -2.45. The first-order valence-electron chi connectivity index (χ1n) is 11.2. The third-order valence-corrected chi connectivity index (χ3v) is 5.83. The van der Waals surface area contributed by atoms with Crippen LogP contribution in [0.25, 0.3) is 22.4 Å². The number of benzene rings is 1. The molecule has 8 nitrogen and oxygen atoms in total. The highest BCUT2D eigenvalue weighted by molar-refractivity contribution is 5.94. The molecule has 0 radical (unpaired) electrons. The van der Waals surface area contributed by atoms with Crippen molar-refractivity contribution in [3.05, 3.63) is 60.3 Å². The van der Waals surface area contributed by atoms with E-state index in [0.29, 0.717) is 25.3 Å². The summed E-state index contributed by atoms with van der Waals surface area (Å²) in [6.45, 7) is 6.45. The van der Waals surface area contributed by atoms with Crippen molar-refractivity contribution in [3.8, 4) is 34.2 Å². The van der Waals surface area contributed by atoms with Crippen molar-refractivity contribution >= 4 is 12.0 Å². The van der Waals surface area contributed by atoms with E-state index < -0.39 is 11.6 Å². The molecule has 0 spiro atoms. The predicted octanol–water partition coefficient (Wildman–Crippen LogP) is 3.88. The number of hydrogen-bond acceptors (Lipinski definition) is 4. The lowest BCUT2D eigenvalue weighted by Gasteiger charge is -2.31. The van der Waals surface area contributed by atoms with Gasteiger partial charge >= 0.3 is 6.09 Å². The van der Waals surface area contributed by atoms with Crippen molar-refractivity contribution < 1.29 is 19.1 Å². The normalized spacial score (nSPS) is 13.0. The first-order valence-corrected chi connectivity index (χ1v) is 11.2. The quantitative estimate of drug-likeness (QED) is 0.581. The van der Waals surface area contributed by atoms with Gasteiger partial charge < -0.3 is 10.0 Å². The standard InChI is InChI=1S/C26H26FN5O3/c1-26(2,3)31(25(34)35)14-4-5-22(33)30-15-16-32-21(17-30)23(18-10-12-28-13-11-18)24(29-32)19-6-8-20(27)9-7-19/h6-13H,14-17H2,1-3H3,(H,34,35). The first kappa shape index (κ1) is 24.0. The van der Waals surface area contributed by atoms with Crippen molar-refractivity contribution in [1.82, 2.24) is 24.6 Å². The summed E-state index contributed by atoms with van der Waals surface area (Å²) < 4.78 is 15.4. The van der Waals surface area contributed by atoms with Crippen LogP contribution in [-0.2, 0) is 17.9 Å². The van der Waals surface area contributed by atoms with E-state index in [2.05, 4.69) is 16.8 Å². The van der Waals surface area contributed by atoms with Gasteiger partial charge in [-0.15, -0.1) is 0 Å². The molecule has 0 aliphatic carbocycles. The van der Waals surface area contributed by atoms with Gasteiger partial charge in [0.1, 0.15) is 11.5 Å². The molecule has 1 aliphatic rings. The molecule has 9 heteroatoms. The van der Waals surface area contributed by atoms with Gasteiger partial charge in [0.05, 0.1) is 25.3 Å². The highest BCUT2D eigenvalue weighted by atomic mass is 19.1. The third kappa shape index (κ3) is 5.17. The van der Waals surface area contributed by atoms with Crippen LogP contribution in [0.5, 0.6) is 0 Å². The van der Waals surface area contributed by atoms with Crippen molar-refractivity contribution in [2.45, 2.75) is 39.4 Å². The summed E-state index contributed by atoms with van der Waals surface area (Å²) in [5, 5.41) is 14.2. The lowest BCUT2D eigenvalue weighted by atomic mass is 9.99. The van der Waals surface area contributed by atoms with Gasteiger partial charge in [-0.1, -0.05) is 5.92 Å². The summed E-state index contributed by atoms with van der Waals surface area (Å²) in [6, 6.07) is 9.91. The summed E-state index contributed by atoms with van der Waals surface area (Å²) in [5.41, 5.74) is 3.44. The zero-order valence-electron chi connectivity index (χ0n) is 19.8. The Morgan fingerprint density at radius 3 is 2.40 bits per heavy atom. The highest BCUT2D eigenvalue weighted by Crippen LogP contribution is 2.36. The van der Waals surface area contributed by atoms with E-state index in [1.54, 1.807) is 50.2 Å². The summed E-state index contributed by atoms with van der Waals surface area (Å²) >= 11 is 0. The Hall–Kier alpha value is -4.19. The maximum absolute atomic E-state index is 13.5. The minimum atomic E-state index is -1.09. The summed E-state index contributed by atoms with van der Waals surface area (Å²) in [5.74, 6) is 4.61. The average Bonchev–Trinajstić information content (AvgIpc) is 3.20. The molecule has 35 heavy (non-hydrogen) atoms. The number of amides is 2. The number of pyridine rings is 1. The average molecular weight is 476 g/mol. The van der Waals surface area contributed by atoms with Gasteiger partial charge in [0, 0.05) is 35.6 Å². The molecule has 0 unspecified atom stereocenters. The molecular formula is C26H26FN5O3. The highest BCUT2D eigenvalue weighted by Gasteiger charge is 2.28. The van der Waals surface area contributed by atoms with Crippen LogP contribution in [0.4, 0.5) is 9.18 Å². The largest absolute Gasteiger partial charge is 0.465 e. The van der Waals surface area contributed by atoms with Crippen LogP contribution >= 0.6 is 0 Å². The Kier molecular flexibility index (Phi) is 6.56. The molecular weight excluding hydrogens is 449 g/mol. The molecule has 0 fully saturated rings. The Bertz CT molecular complexity index is 1300. The van der Waals surface area contributed by atoms with Crippen LogP contribution in [0, 0.1) is 17.7 Å². The van der Waals surface area contributed by atoms with E-state index in [4.69, 9.17) is 5.10 Å². The molecule has 4 rings (SSSR count). The van der Waals surface area contributed by atoms with Crippen LogP contribution in [0.3, 0.4) is 0 Å². The topological polar surface area (TPSA) is 91.6 Å². The molecule has 3 aromatic rings. The van der Waals surface area contributed by atoms with E-state index in [9.17, 15) is 19.1 Å². The number of rotatable bonds is 3. The zero-order chi connectivity index (χ0) is 25.2. The lowest BCUT2D eigenvalue weighted by molar-refractivity contribution is -0.126. The van der Waals surface area contributed by atoms with Gasteiger partial charge in [0.2, 0.25) is 0 Å². The van der Waals surface area contributed by atoms with E-state index in [1.807, 2.05) is 16.8 Å². The number of nitrogens with zero attached hydrogens (tertiary/aromatic N) is 5. The number of carboxylic acid groups (broad SMARTS) is 1. The van der Waals surface area contributed by atoms with Crippen molar-refractivity contribution in [2.75, 3.05) is 13.1 Å². The maximum Gasteiger partial charge on any atom is 0.408 e. The van der Waals surface area contributed by atoms with Gasteiger partial charge in [-0.2, -0.15) is 5.10 Å². The van der Waals surface area contributed by atoms with E-state index in [1.165, 1.54) is 17.0 Å². The van der Waals surface area contributed by atoms with Crippen LogP contribution in [0.15, 0.2) is 48.8 Å². The van der Waals surface area contributed by atoms with E-state index in [-0.39, 0.29) is 18.3 Å². The molecule has 0 saturated heterocycles. The molecule has 1 aromatic carbocycles. The molecule has 180 valence electrons. The first-order chi connectivity index (χ1) is 16.6. The minimum Gasteiger partial charge on any atom is -0.465 e. The summed E-state index contributed by atoms with van der Waals surface area (Å²) in [7, 11) is 0. The fourth-order valence-electron chi connectivity index (χ4n) is 3.99. The van der Waals surface area contributed by atoms with Gasteiger partial charge in [-0.25, -0.2) is 9.18 Å². The third-order valence-electron chi connectivity index (χ3n) is 5.83. The predicted molar refractivity (Wildman–Crippen MR) is 129 cm³/mol. The number of fused-ring (bicyclic) bond motifs is 1. The molecule has 2 aromatic heterocycles. The van der Waals surface area contributed by atoms with Crippen LogP contribution < -0.4 is 0 Å². The summed E-state index contributed by atoms with van der Waals surface area (Å²) in [6.07, 6.45) is 2.29. The van der Waals surface area contributed by atoms with Crippen LogP contribution in [0.1, 0.15) is 26.5 Å². The van der Waals surface area contributed by atoms with Crippen molar-refractivity contribution in [2.24, 2.45) is 0 Å². The fraction of sp³-hybridized carbons (Fsp3) is 0.308. The molecule has 0 bridgehead atoms. The van der Waals surface area contributed by atoms with Gasteiger partial charge in [-0.05, 0) is 68.7 Å². The molecule has 0 saturated carbocycles. The second-order valence-electron chi connectivity index (χ2n) is 9.20. The Morgan fingerprint density at radius 2 is 1.77 bits per heavy atom. The van der Waals surface area contributed by atoms with Crippen LogP contribution in [-0.4, -0.2) is 60.3 Å². The Balaban J connectivity index is 1.63. The molecule has 1 aliphatic heterocycles. The fourth-order valence-corrected chi connectivity index (χ4v) is 3.99. The van der Waals surface area contributed by atoms with E-state index >= 15 is 0 Å². The van der Waals surface area contributed by atoms with Crippen molar-refractivity contribution in [3.63, 3.8) is 0 Å².